The van der Waals surface area contributed by atoms with Crippen molar-refractivity contribution in [3.8, 4) is 0 Å². The van der Waals surface area contributed by atoms with Crippen molar-refractivity contribution in [3.05, 3.63) is 11.5 Å². The Morgan fingerprint density at radius 3 is 2.65 bits per heavy atom. The number of hydrogen-bond donors (Lipinski definition) is 0. The molecule has 9 heteroatoms. The first-order chi connectivity index (χ1) is 8.02. The Bertz CT molecular complexity index is 534. The summed E-state index contributed by atoms with van der Waals surface area (Å²) in [5.41, 5.74) is 0. The Morgan fingerprint density at radius 2 is 2.18 bits per heavy atom. The molecule has 2 heterocycles. The molecule has 1 unspecified atom stereocenters. The lowest BCUT2D eigenvalue weighted by atomic mass is 10.3. The van der Waals surface area contributed by atoms with E-state index in [0.29, 0.717) is 0 Å². The van der Waals surface area contributed by atoms with Crippen molar-refractivity contribution in [1.82, 2.24) is 9.80 Å². The van der Waals surface area contributed by atoms with E-state index < -0.39 is 21.7 Å². The highest BCUT2D eigenvalue weighted by Gasteiger charge is 2.39. The Labute approximate surface area is 108 Å². The van der Waals surface area contributed by atoms with Crippen LogP contribution in [0.5, 0.6) is 0 Å². The number of thioether (sulfide) groups is 1. The van der Waals surface area contributed by atoms with E-state index in [0.717, 1.165) is 16.7 Å². The van der Waals surface area contributed by atoms with Crippen molar-refractivity contribution in [1.29, 1.82) is 0 Å². The summed E-state index contributed by atoms with van der Waals surface area (Å²) in [5, 5.41) is 0.324. The van der Waals surface area contributed by atoms with Crippen LogP contribution in [0.3, 0.4) is 0 Å². The average molecular weight is 295 g/mol. The van der Waals surface area contributed by atoms with Crippen LogP contribution < -0.4 is 0 Å². The summed E-state index contributed by atoms with van der Waals surface area (Å²) in [6.45, 7) is 0.428. The molecule has 1 fully saturated rings. The molecule has 6 nitrogen and oxygen atoms in total. The summed E-state index contributed by atoms with van der Waals surface area (Å²) in [5.74, 6) is 0. The summed E-state index contributed by atoms with van der Waals surface area (Å²) >= 11 is 6.29. The van der Waals surface area contributed by atoms with E-state index in [4.69, 9.17) is 11.6 Å². The van der Waals surface area contributed by atoms with Gasteiger partial charge in [0.2, 0.25) is 10.2 Å². The molecule has 1 saturated heterocycles. The fraction of sp³-hybridized carbons (Fsp3) is 0.375. The summed E-state index contributed by atoms with van der Waals surface area (Å²) in [6.07, 6.45) is 1.60. The first kappa shape index (κ1) is 12.6. The zero-order chi connectivity index (χ0) is 12.6. The Kier molecular flexibility index (Phi) is 3.57. The second-order valence-corrected chi connectivity index (χ2v) is 5.39. The summed E-state index contributed by atoms with van der Waals surface area (Å²) in [7, 11) is -2.61. The standard InChI is InChI=1S/C8H7ClN2O4S2/c9-7(13)11-3-2-10(8(11)17(14)15)5-1-4-16-6(5)12/h1,4-5H,2-3H2. The summed E-state index contributed by atoms with van der Waals surface area (Å²) in [4.78, 5) is 24.9. The fourth-order valence-electron chi connectivity index (χ4n) is 1.72. The van der Waals surface area contributed by atoms with Crippen LogP contribution in [0.15, 0.2) is 11.5 Å². The van der Waals surface area contributed by atoms with Crippen molar-refractivity contribution >= 4 is 49.3 Å². The molecule has 0 aliphatic carbocycles. The van der Waals surface area contributed by atoms with Crippen molar-refractivity contribution in [3.63, 3.8) is 0 Å². The van der Waals surface area contributed by atoms with E-state index in [1.54, 1.807) is 11.5 Å². The SMILES string of the molecule is O=C1SC=CC1N1CCN(C(=O)Cl)C1=S(=O)=O. The van der Waals surface area contributed by atoms with Crippen molar-refractivity contribution in [2.24, 2.45) is 0 Å². The number of carbonyl (C=O) groups is 2. The van der Waals surface area contributed by atoms with E-state index in [2.05, 4.69) is 0 Å². The predicted molar refractivity (Wildman–Crippen MR) is 64.1 cm³/mol. The van der Waals surface area contributed by atoms with E-state index in [-0.39, 0.29) is 23.3 Å². The third kappa shape index (κ3) is 2.25. The minimum atomic E-state index is -2.61. The lowest BCUT2D eigenvalue weighted by Crippen LogP contribution is -2.42. The molecule has 0 N–H and O–H groups in total. The van der Waals surface area contributed by atoms with Crippen molar-refractivity contribution < 1.29 is 18.0 Å². The molecular weight excluding hydrogens is 288 g/mol. The van der Waals surface area contributed by atoms with Crippen LogP contribution in [0.1, 0.15) is 0 Å². The van der Waals surface area contributed by atoms with Gasteiger partial charge in [-0.25, -0.2) is 4.90 Å². The van der Waals surface area contributed by atoms with Gasteiger partial charge in [-0.1, -0.05) is 17.8 Å². The molecule has 2 aliphatic heterocycles. The molecular formula is C8H7ClN2O4S2. The predicted octanol–water partition coefficient (Wildman–Crippen LogP) is 0.0850. The maximum Gasteiger partial charge on any atom is 0.322 e. The van der Waals surface area contributed by atoms with Crippen molar-refractivity contribution in [2.75, 3.05) is 13.1 Å². The Balaban J connectivity index is 2.38. The molecule has 1 amide bonds. The molecule has 92 valence electrons. The maximum atomic E-state index is 11.5. The number of carbonyl (C=O) groups excluding carboxylic acids is 2. The molecule has 2 rings (SSSR count). The van der Waals surface area contributed by atoms with Gasteiger partial charge >= 0.3 is 5.37 Å². The Hall–Kier alpha value is -0.830. The van der Waals surface area contributed by atoms with Crippen molar-refractivity contribution in [2.45, 2.75) is 6.04 Å². The third-order valence-corrected chi connectivity index (χ3v) is 4.15. The molecule has 0 bridgehead atoms. The monoisotopic (exact) mass is 294 g/mol. The van der Waals surface area contributed by atoms with Gasteiger partial charge in [-0.3, -0.25) is 14.5 Å². The number of hydrogen-bond acceptors (Lipinski definition) is 5. The van der Waals surface area contributed by atoms with E-state index in [1.807, 2.05) is 0 Å². The molecule has 0 radical (unpaired) electrons. The summed E-state index contributed by atoms with van der Waals surface area (Å²) < 4.78 is 22.2. The summed E-state index contributed by atoms with van der Waals surface area (Å²) in [6, 6.07) is -0.645. The quantitative estimate of drug-likeness (QED) is 0.387. The van der Waals surface area contributed by atoms with Gasteiger partial charge in [-0.15, -0.1) is 0 Å². The largest absolute Gasteiger partial charge is 0.322 e. The lowest BCUT2D eigenvalue weighted by molar-refractivity contribution is -0.112. The highest BCUT2D eigenvalue weighted by molar-refractivity contribution is 8.16. The van der Waals surface area contributed by atoms with Crippen LogP contribution in [0.25, 0.3) is 0 Å². The molecule has 1 atom stereocenters. The molecule has 2 aliphatic rings. The Morgan fingerprint density at radius 1 is 1.47 bits per heavy atom. The zero-order valence-electron chi connectivity index (χ0n) is 8.37. The third-order valence-electron chi connectivity index (χ3n) is 2.42. The normalized spacial score (nSPS) is 24.8. The maximum absolute atomic E-state index is 11.5. The molecule has 0 saturated carbocycles. The van der Waals surface area contributed by atoms with Gasteiger partial charge in [0.05, 0.1) is 0 Å². The number of rotatable bonds is 1. The van der Waals surface area contributed by atoms with Gasteiger partial charge in [-0.2, -0.15) is 8.42 Å². The fourth-order valence-corrected chi connectivity index (χ4v) is 3.39. The minimum absolute atomic E-state index is 0.161. The van der Waals surface area contributed by atoms with Gasteiger partial charge in [0.15, 0.2) is 0 Å². The van der Waals surface area contributed by atoms with Gasteiger partial charge in [0, 0.05) is 13.1 Å². The van der Waals surface area contributed by atoms with Crippen LogP contribution in [0.4, 0.5) is 4.79 Å². The number of halogens is 1. The number of amides is 1. The minimum Gasteiger partial charge on any atom is -0.285 e. The molecule has 0 spiro atoms. The van der Waals surface area contributed by atoms with Gasteiger partial charge < -0.3 is 0 Å². The van der Waals surface area contributed by atoms with Gasteiger partial charge in [0.1, 0.15) is 6.04 Å². The first-order valence-electron chi connectivity index (χ1n) is 4.59. The lowest BCUT2D eigenvalue weighted by Gasteiger charge is -2.20. The zero-order valence-corrected chi connectivity index (χ0v) is 10.8. The number of nitrogens with zero attached hydrogens (tertiary/aromatic N) is 2. The van der Waals surface area contributed by atoms with Crippen LogP contribution in [-0.4, -0.2) is 52.9 Å². The van der Waals surface area contributed by atoms with Crippen LogP contribution in [0, 0.1) is 0 Å². The second kappa shape index (κ2) is 4.81. The van der Waals surface area contributed by atoms with E-state index in [9.17, 15) is 18.0 Å². The highest BCUT2D eigenvalue weighted by atomic mass is 35.5. The topological polar surface area (TPSA) is 74.8 Å². The van der Waals surface area contributed by atoms with Crippen LogP contribution >= 0.6 is 23.4 Å². The molecule has 0 aromatic carbocycles. The van der Waals surface area contributed by atoms with Crippen LogP contribution in [0.2, 0.25) is 0 Å². The first-order valence-corrected chi connectivity index (χ1v) is 6.92. The smallest absolute Gasteiger partial charge is 0.285 e. The molecule has 0 aromatic heterocycles. The van der Waals surface area contributed by atoms with E-state index in [1.165, 1.54) is 4.90 Å². The molecule has 0 aromatic rings. The molecule has 17 heavy (non-hydrogen) atoms. The average Bonchev–Trinajstić information content (AvgIpc) is 2.82. The van der Waals surface area contributed by atoms with Crippen LogP contribution in [-0.2, 0) is 15.1 Å². The second-order valence-electron chi connectivity index (χ2n) is 3.33. The van der Waals surface area contributed by atoms with Gasteiger partial charge in [0.25, 0.3) is 10.3 Å². The highest BCUT2D eigenvalue weighted by Crippen LogP contribution is 2.25. The van der Waals surface area contributed by atoms with Gasteiger partial charge in [-0.05, 0) is 17.0 Å². The van der Waals surface area contributed by atoms with E-state index >= 15 is 0 Å².